The fourth-order valence-electron chi connectivity index (χ4n) is 3.89. The summed E-state index contributed by atoms with van der Waals surface area (Å²) in [7, 11) is 4.98. The summed E-state index contributed by atoms with van der Waals surface area (Å²) in [6.45, 7) is 0. The molecule has 0 unspecified atom stereocenters. The first-order valence-electron chi connectivity index (χ1n) is 11.3. The predicted molar refractivity (Wildman–Crippen MR) is 138 cm³/mol. The molecule has 5 aromatic rings. The van der Waals surface area contributed by atoms with Gasteiger partial charge in [-0.1, -0.05) is 12.1 Å². The van der Waals surface area contributed by atoms with Crippen LogP contribution in [0.2, 0.25) is 0 Å². The number of aromatic nitrogens is 4. The molecule has 37 heavy (non-hydrogen) atoms. The van der Waals surface area contributed by atoms with Gasteiger partial charge in [0.25, 0.3) is 5.91 Å². The molecule has 3 heterocycles. The third-order valence-electron chi connectivity index (χ3n) is 5.76. The summed E-state index contributed by atoms with van der Waals surface area (Å²) >= 11 is 0. The lowest BCUT2D eigenvalue weighted by molar-refractivity contribution is 0.0958. The molecule has 0 saturated carbocycles. The average molecular weight is 499 g/mol. The molecule has 1 amide bonds. The molecule has 0 radical (unpaired) electrons. The van der Waals surface area contributed by atoms with Crippen LogP contribution in [0.3, 0.4) is 0 Å². The molecule has 0 saturated heterocycles. The number of pyridine rings is 2. The summed E-state index contributed by atoms with van der Waals surface area (Å²) in [6.07, 6.45) is 2.94. The minimum atomic E-state index is -0.533. The molecule has 2 aromatic carbocycles. The fraction of sp³-hybridized carbons (Fsp3) is 0.111. The van der Waals surface area contributed by atoms with Gasteiger partial charge in [0, 0.05) is 56.4 Å². The zero-order chi connectivity index (χ0) is 25.9. The van der Waals surface area contributed by atoms with Gasteiger partial charge in [-0.2, -0.15) is 4.39 Å². The minimum absolute atomic E-state index is 0.237. The normalized spacial score (nSPS) is 10.8. The van der Waals surface area contributed by atoms with Gasteiger partial charge in [0.2, 0.25) is 11.9 Å². The number of amides is 1. The smallest absolute Gasteiger partial charge is 0.269 e. The summed E-state index contributed by atoms with van der Waals surface area (Å²) < 4.78 is 27.1. The maximum Gasteiger partial charge on any atom is 0.269 e. The summed E-state index contributed by atoms with van der Waals surface area (Å²) in [5.41, 5.74) is 4.09. The van der Waals surface area contributed by atoms with Crippen molar-refractivity contribution < 1.29 is 18.7 Å². The van der Waals surface area contributed by atoms with Gasteiger partial charge in [-0.3, -0.25) is 9.78 Å². The maximum atomic E-state index is 13.6. The molecule has 0 fully saturated rings. The van der Waals surface area contributed by atoms with E-state index in [0.29, 0.717) is 28.7 Å². The van der Waals surface area contributed by atoms with Crippen molar-refractivity contribution in [1.29, 1.82) is 0 Å². The summed E-state index contributed by atoms with van der Waals surface area (Å²) in [5, 5.41) is 5.87. The number of hydrogen-bond acceptors (Lipinski definition) is 7. The number of aryl methyl sites for hydroxylation is 1. The number of ether oxygens (including phenoxy) is 2. The second-order valence-corrected chi connectivity index (χ2v) is 8.12. The van der Waals surface area contributed by atoms with E-state index in [0.717, 1.165) is 22.3 Å². The van der Waals surface area contributed by atoms with Crippen molar-refractivity contribution in [2.75, 3.05) is 19.5 Å². The van der Waals surface area contributed by atoms with Crippen molar-refractivity contribution in [3.8, 4) is 28.4 Å². The van der Waals surface area contributed by atoms with Gasteiger partial charge < -0.3 is 24.7 Å². The number of methoxy groups -OCH3 is 1. The standard InChI is InChI=1S/C27H23FN6O3/c1-29-26(35)21-13-19(8-10-30-21)37-24-14-20-22(15-23(24)36-3)34(2)27(33-20)32-18-6-4-5-16(11-18)17-7-9-31-25(28)12-17/h4-15H,1-3H3,(H,29,35)(H,32,33). The molecule has 5 rings (SSSR count). The Kier molecular flexibility index (Phi) is 6.38. The van der Waals surface area contributed by atoms with Crippen LogP contribution in [0, 0.1) is 5.95 Å². The van der Waals surface area contributed by atoms with Gasteiger partial charge in [-0.15, -0.1) is 0 Å². The summed E-state index contributed by atoms with van der Waals surface area (Å²) in [5.74, 6) is 1.13. The van der Waals surface area contributed by atoms with E-state index in [2.05, 4.69) is 20.6 Å². The van der Waals surface area contributed by atoms with Crippen LogP contribution in [0.5, 0.6) is 17.2 Å². The Bertz CT molecular complexity index is 1620. The number of rotatable bonds is 7. The monoisotopic (exact) mass is 498 g/mol. The molecule has 0 aliphatic heterocycles. The molecule has 186 valence electrons. The minimum Gasteiger partial charge on any atom is -0.493 e. The van der Waals surface area contributed by atoms with E-state index in [1.54, 1.807) is 31.4 Å². The molecule has 0 atom stereocenters. The summed E-state index contributed by atoms with van der Waals surface area (Å²) in [6, 6.07) is 17.6. The van der Waals surface area contributed by atoms with Crippen molar-refractivity contribution in [1.82, 2.24) is 24.8 Å². The highest BCUT2D eigenvalue weighted by Crippen LogP contribution is 2.36. The second kappa shape index (κ2) is 9.94. The number of imidazole rings is 1. The summed E-state index contributed by atoms with van der Waals surface area (Å²) in [4.78, 5) is 24.3. The van der Waals surface area contributed by atoms with Crippen LogP contribution in [0.15, 0.2) is 73.1 Å². The number of nitrogens with one attached hydrogen (secondary N) is 2. The third kappa shape index (κ3) is 4.90. The highest BCUT2D eigenvalue weighted by molar-refractivity contribution is 5.92. The van der Waals surface area contributed by atoms with Gasteiger partial charge in [0.15, 0.2) is 11.5 Å². The number of fused-ring (bicyclic) bond motifs is 1. The van der Waals surface area contributed by atoms with Crippen LogP contribution in [-0.4, -0.2) is 39.6 Å². The van der Waals surface area contributed by atoms with Crippen LogP contribution in [0.4, 0.5) is 16.0 Å². The number of nitrogens with zero attached hydrogens (tertiary/aromatic N) is 4. The van der Waals surface area contributed by atoms with Crippen molar-refractivity contribution >= 4 is 28.6 Å². The van der Waals surface area contributed by atoms with Crippen molar-refractivity contribution in [2.45, 2.75) is 0 Å². The van der Waals surface area contributed by atoms with E-state index in [1.165, 1.54) is 25.5 Å². The zero-order valence-electron chi connectivity index (χ0n) is 20.3. The van der Waals surface area contributed by atoms with Crippen molar-refractivity contribution in [3.05, 3.63) is 84.7 Å². The van der Waals surface area contributed by atoms with E-state index >= 15 is 0 Å². The molecule has 0 spiro atoms. The van der Waals surface area contributed by atoms with E-state index in [9.17, 15) is 9.18 Å². The highest BCUT2D eigenvalue weighted by atomic mass is 19.1. The molecule has 0 aliphatic carbocycles. The number of carbonyl (C=O) groups excluding carboxylic acids is 1. The molecule has 3 aromatic heterocycles. The fourth-order valence-corrected chi connectivity index (χ4v) is 3.89. The highest BCUT2D eigenvalue weighted by Gasteiger charge is 2.16. The van der Waals surface area contributed by atoms with E-state index in [-0.39, 0.29) is 11.6 Å². The van der Waals surface area contributed by atoms with Crippen LogP contribution >= 0.6 is 0 Å². The van der Waals surface area contributed by atoms with E-state index in [4.69, 9.17) is 14.5 Å². The van der Waals surface area contributed by atoms with Crippen LogP contribution < -0.4 is 20.1 Å². The average Bonchev–Trinajstić information content (AvgIpc) is 3.21. The lowest BCUT2D eigenvalue weighted by atomic mass is 10.1. The molecule has 10 heteroatoms. The Morgan fingerprint density at radius 1 is 0.973 bits per heavy atom. The lowest BCUT2D eigenvalue weighted by Crippen LogP contribution is -2.18. The molecule has 0 aliphatic rings. The maximum absolute atomic E-state index is 13.6. The Labute approximate surface area is 211 Å². The first kappa shape index (κ1) is 23.7. The van der Waals surface area contributed by atoms with Gasteiger partial charge in [0.05, 0.1) is 18.1 Å². The number of anilines is 2. The third-order valence-corrected chi connectivity index (χ3v) is 5.76. The number of hydrogen-bond donors (Lipinski definition) is 2. The Balaban J connectivity index is 1.46. The molecular formula is C27H23FN6O3. The van der Waals surface area contributed by atoms with Gasteiger partial charge >= 0.3 is 0 Å². The second-order valence-electron chi connectivity index (χ2n) is 8.12. The Morgan fingerprint density at radius 3 is 2.57 bits per heavy atom. The first-order valence-corrected chi connectivity index (χ1v) is 11.3. The number of halogens is 1. The zero-order valence-corrected chi connectivity index (χ0v) is 20.3. The van der Waals surface area contributed by atoms with Crippen LogP contribution in [0.1, 0.15) is 10.5 Å². The Hall–Kier alpha value is -4.99. The van der Waals surface area contributed by atoms with Crippen molar-refractivity contribution in [2.24, 2.45) is 7.05 Å². The topological polar surface area (TPSA) is 103 Å². The first-order chi connectivity index (χ1) is 17.9. The molecule has 2 N–H and O–H groups in total. The van der Waals surface area contributed by atoms with Gasteiger partial charge in [0.1, 0.15) is 11.4 Å². The van der Waals surface area contributed by atoms with Gasteiger partial charge in [-0.25, -0.2) is 9.97 Å². The van der Waals surface area contributed by atoms with Crippen molar-refractivity contribution in [3.63, 3.8) is 0 Å². The van der Waals surface area contributed by atoms with E-state index < -0.39 is 5.95 Å². The van der Waals surface area contributed by atoms with Crippen LogP contribution in [0.25, 0.3) is 22.2 Å². The predicted octanol–water partition coefficient (Wildman–Crippen LogP) is 5.07. The lowest BCUT2D eigenvalue weighted by Gasteiger charge is -2.11. The quantitative estimate of drug-likeness (QED) is 0.302. The Morgan fingerprint density at radius 2 is 1.78 bits per heavy atom. The number of benzene rings is 2. The number of carbonyl (C=O) groups is 1. The molecular weight excluding hydrogens is 475 g/mol. The van der Waals surface area contributed by atoms with E-state index in [1.807, 2.05) is 41.9 Å². The van der Waals surface area contributed by atoms with Crippen LogP contribution in [-0.2, 0) is 7.05 Å². The molecule has 0 bridgehead atoms. The largest absolute Gasteiger partial charge is 0.493 e. The van der Waals surface area contributed by atoms with Gasteiger partial charge in [-0.05, 0) is 35.4 Å². The SMILES string of the molecule is CNC(=O)c1cc(Oc2cc3nc(Nc4cccc(-c5ccnc(F)c5)c4)n(C)c3cc2OC)ccn1. The molecule has 9 nitrogen and oxygen atoms in total.